The number of ketones is 1. The van der Waals surface area contributed by atoms with Crippen LogP contribution in [0.2, 0.25) is 10.0 Å². The maximum atomic E-state index is 13.4. The average Bonchev–Trinajstić information content (AvgIpc) is 3.16. The highest BCUT2D eigenvalue weighted by atomic mass is 35.5. The fourth-order valence-electron chi connectivity index (χ4n) is 4.62. The Morgan fingerprint density at radius 1 is 1.00 bits per heavy atom. The van der Waals surface area contributed by atoms with Gasteiger partial charge in [0.1, 0.15) is 6.04 Å². The lowest BCUT2D eigenvalue weighted by atomic mass is 9.83. The highest BCUT2D eigenvalue weighted by Gasteiger charge is 2.61. The van der Waals surface area contributed by atoms with Crippen molar-refractivity contribution in [2.45, 2.75) is 12.1 Å². The van der Waals surface area contributed by atoms with Gasteiger partial charge in [0, 0.05) is 16.8 Å². The van der Waals surface area contributed by atoms with Gasteiger partial charge in [0.15, 0.2) is 5.78 Å². The van der Waals surface area contributed by atoms with Crippen molar-refractivity contribution in [3.05, 3.63) is 75.4 Å². The molecule has 5 nitrogen and oxygen atoms in total. The van der Waals surface area contributed by atoms with Crippen LogP contribution in [0.15, 0.2) is 48.7 Å². The number of nitrogens with zero attached hydrogens (tertiary/aromatic N) is 1. The summed E-state index contributed by atoms with van der Waals surface area (Å²) in [7, 11) is 0. The lowest BCUT2D eigenvalue weighted by Gasteiger charge is -2.34. The van der Waals surface area contributed by atoms with Gasteiger partial charge < -0.3 is 4.90 Å². The normalized spacial score (nSPS) is 27.3. The molecule has 0 bridgehead atoms. The Morgan fingerprint density at radius 3 is 2.54 bits per heavy atom. The van der Waals surface area contributed by atoms with E-state index in [1.807, 2.05) is 35.2 Å². The SMILES string of the molecule is O=C1NC(=O)[C@@H]2[C@@H]1[C@@H](C(=O)c1ccc(Cl)cc1Cl)N1C=Cc3ccccc3[C@H]21. The Hall–Kier alpha value is -2.63. The first-order chi connectivity index (χ1) is 13.5. The summed E-state index contributed by atoms with van der Waals surface area (Å²) in [6.07, 6.45) is 3.71. The number of hydrogen-bond donors (Lipinski definition) is 1. The molecule has 0 aliphatic carbocycles. The van der Waals surface area contributed by atoms with Crippen molar-refractivity contribution in [2.75, 3.05) is 0 Å². The molecule has 0 unspecified atom stereocenters. The van der Waals surface area contributed by atoms with Crippen LogP contribution in [-0.4, -0.2) is 28.5 Å². The van der Waals surface area contributed by atoms with E-state index in [0.29, 0.717) is 5.02 Å². The molecular formula is C21H14Cl2N2O3. The first kappa shape index (κ1) is 17.5. The van der Waals surface area contributed by atoms with Crippen LogP contribution in [0.1, 0.15) is 27.5 Å². The highest BCUT2D eigenvalue weighted by Crippen LogP contribution is 2.51. The zero-order chi connectivity index (χ0) is 19.6. The van der Waals surface area contributed by atoms with Crippen molar-refractivity contribution < 1.29 is 14.4 Å². The van der Waals surface area contributed by atoms with E-state index in [-0.39, 0.29) is 28.3 Å². The number of halogens is 2. The van der Waals surface area contributed by atoms with Gasteiger partial charge in [0.25, 0.3) is 0 Å². The summed E-state index contributed by atoms with van der Waals surface area (Å²) in [5.74, 6) is -2.45. The second kappa shape index (κ2) is 6.19. The molecule has 0 spiro atoms. The van der Waals surface area contributed by atoms with Gasteiger partial charge >= 0.3 is 0 Å². The number of rotatable bonds is 2. The van der Waals surface area contributed by atoms with Gasteiger partial charge in [0.05, 0.1) is 22.9 Å². The van der Waals surface area contributed by atoms with E-state index >= 15 is 0 Å². The molecule has 2 aromatic rings. The Balaban J connectivity index is 1.65. The van der Waals surface area contributed by atoms with Crippen molar-refractivity contribution in [1.29, 1.82) is 0 Å². The van der Waals surface area contributed by atoms with Crippen LogP contribution in [0.5, 0.6) is 0 Å². The van der Waals surface area contributed by atoms with E-state index in [0.717, 1.165) is 11.1 Å². The minimum Gasteiger partial charge on any atom is -0.358 e. The van der Waals surface area contributed by atoms with Crippen molar-refractivity contribution in [2.24, 2.45) is 11.8 Å². The molecule has 2 saturated heterocycles. The standard InChI is InChI=1S/C21H14Cl2N2O3/c22-11-5-6-13(14(23)9-11)19(26)18-16-15(20(27)24-21(16)28)17-12-4-2-1-3-10(12)7-8-25(17)18/h1-9,15-18H,(H,24,27,28)/t15-,16-,17-,18+/m1/s1. The molecule has 7 heteroatoms. The van der Waals surface area contributed by atoms with Gasteiger partial charge in [-0.3, -0.25) is 19.7 Å². The summed E-state index contributed by atoms with van der Waals surface area (Å²) in [5, 5.41) is 3.05. The van der Waals surface area contributed by atoms with Crippen molar-refractivity contribution in [3.63, 3.8) is 0 Å². The summed E-state index contributed by atoms with van der Waals surface area (Å²) in [6.45, 7) is 0. The molecule has 140 valence electrons. The van der Waals surface area contributed by atoms with Crippen LogP contribution in [0.4, 0.5) is 0 Å². The molecule has 5 rings (SSSR count). The maximum absolute atomic E-state index is 13.4. The molecule has 3 aliphatic rings. The molecule has 0 saturated carbocycles. The molecule has 3 aliphatic heterocycles. The van der Waals surface area contributed by atoms with Crippen molar-refractivity contribution >= 4 is 46.9 Å². The van der Waals surface area contributed by atoms with Crippen LogP contribution in [0.25, 0.3) is 6.08 Å². The third-order valence-corrected chi connectivity index (χ3v) is 6.32. The van der Waals surface area contributed by atoms with E-state index in [9.17, 15) is 14.4 Å². The number of hydrogen-bond acceptors (Lipinski definition) is 4. The van der Waals surface area contributed by atoms with E-state index in [1.165, 1.54) is 6.07 Å². The lowest BCUT2D eigenvalue weighted by molar-refractivity contribution is -0.127. The smallest absolute Gasteiger partial charge is 0.233 e. The maximum Gasteiger partial charge on any atom is 0.233 e. The van der Waals surface area contributed by atoms with E-state index in [1.54, 1.807) is 18.3 Å². The monoisotopic (exact) mass is 412 g/mol. The Bertz CT molecular complexity index is 1080. The molecular weight excluding hydrogens is 399 g/mol. The zero-order valence-corrected chi connectivity index (χ0v) is 15.9. The molecule has 0 aromatic heterocycles. The minimum absolute atomic E-state index is 0.226. The Labute approximate surface area is 170 Å². The van der Waals surface area contributed by atoms with Gasteiger partial charge in [-0.05, 0) is 35.4 Å². The molecule has 3 heterocycles. The van der Waals surface area contributed by atoms with Crippen LogP contribution in [0.3, 0.4) is 0 Å². The summed E-state index contributed by atoms with van der Waals surface area (Å²) in [4.78, 5) is 40.5. The number of fused-ring (bicyclic) bond motifs is 5. The van der Waals surface area contributed by atoms with Gasteiger partial charge in [-0.15, -0.1) is 0 Å². The summed E-state index contributed by atoms with van der Waals surface area (Å²) >= 11 is 12.2. The first-order valence-corrected chi connectivity index (χ1v) is 9.61. The number of carbonyl (C=O) groups is 3. The second-order valence-corrected chi connectivity index (χ2v) is 8.02. The zero-order valence-electron chi connectivity index (χ0n) is 14.4. The van der Waals surface area contributed by atoms with E-state index in [2.05, 4.69) is 5.32 Å². The van der Waals surface area contributed by atoms with Crippen molar-refractivity contribution in [1.82, 2.24) is 10.2 Å². The Morgan fingerprint density at radius 2 is 1.75 bits per heavy atom. The largest absolute Gasteiger partial charge is 0.358 e. The fraction of sp³-hybridized carbons (Fsp3) is 0.190. The molecule has 2 aromatic carbocycles. The van der Waals surface area contributed by atoms with Crippen LogP contribution >= 0.6 is 23.2 Å². The predicted molar refractivity (Wildman–Crippen MR) is 105 cm³/mol. The van der Waals surface area contributed by atoms with Gasteiger partial charge in [-0.2, -0.15) is 0 Å². The minimum atomic E-state index is -0.815. The number of benzene rings is 2. The van der Waals surface area contributed by atoms with Crippen LogP contribution in [0, 0.1) is 11.8 Å². The molecule has 2 amide bonds. The third kappa shape index (κ3) is 2.36. The van der Waals surface area contributed by atoms with Crippen molar-refractivity contribution in [3.8, 4) is 0 Å². The van der Waals surface area contributed by atoms with Crippen LogP contribution in [-0.2, 0) is 9.59 Å². The number of carbonyl (C=O) groups excluding carboxylic acids is 3. The number of Topliss-reactive ketones (excluding diaryl/α,β-unsaturated/α-hetero) is 1. The van der Waals surface area contributed by atoms with E-state index in [4.69, 9.17) is 23.2 Å². The number of amides is 2. The number of imide groups is 1. The Kier molecular flexibility index (Phi) is 3.86. The van der Waals surface area contributed by atoms with Crippen LogP contribution < -0.4 is 5.32 Å². The van der Waals surface area contributed by atoms with Gasteiger partial charge in [0.2, 0.25) is 11.8 Å². The summed E-state index contributed by atoms with van der Waals surface area (Å²) in [5.41, 5.74) is 2.20. The first-order valence-electron chi connectivity index (χ1n) is 8.86. The number of nitrogens with one attached hydrogen (secondary N) is 1. The lowest BCUT2D eigenvalue weighted by Crippen LogP contribution is -2.43. The molecule has 0 radical (unpaired) electrons. The molecule has 2 fully saturated rings. The quantitative estimate of drug-likeness (QED) is 0.605. The average molecular weight is 413 g/mol. The third-order valence-electron chi connectivity index (χ3n) is 5.77. The van der Waals surface area contributed by atoms with Gasteiger partial charge in [-0.25, -0.2) is 0 Å². The molecule has 1 N–H and O–H groups in total. The summed E-state index contributed by atoms with van der Waals surface area (Å²) in [6, 6.07) is 11.2. The van der Waals surface area contributed by atoms with E-state index < -0.39 is 23.8 Å². The molecule has 28 heavy (non-hydrogen) atoms. The highest BCUT2D eigenvalue weighted by molar-refractivity contribution is 6.37. The second-order valence-electron chi connectivity index (χ2n) is 7.18. The fourth-order valence-corrected chi connectivity index (χ4v) is 5.12. The predicted octanol–water partition coefficient (Wildman–Crippen LogP) is 3.47. The summed E-state index contributed by atoms with van der Waals surface area (Å²) < 4.78 is 0. The topological polar surface area (TPSA) is 66.5 Å². The molecule has 4 atom stereocenters. The van der Waals surface area contributed by atoms with Gasteiger partial charge in [-0.1, -0.05) is 47.5 Å².